The molecule has 6 heteroatoms. The van der Waals surface area contributed by atoms with E-state index in [1.165, 1.54) is 0 Å². The summed E-state index contributed by atoms with van der Waals surface area (Å²) in [5.41, 5.74) is 2.60. The average Bonchev–Trinajstić information content (AvgIpc) is 2.50. The predicted molar refractivity (Wildman–Crippen MR) is 68.3 cm³/mol. The van der Waals surface area contributed by atoms with Crippen molar-refractivity contribution in [2.75, 3.05) is 31.6 Å². The number of anilines is 1. The van der Waals surface area contributed by atoms with Gasteiger partial charge in [0.2, 0.25) is 5.91 Å². The fourth-order valence-electron chi connectivity index (χ4n) is 2.26. The van der Waals surface area contributed by atoms with Crippen molar-refractivity contribution < 1.29 is 9.90 Å². The van der Waals surface area contributed by atoms with Gasteiger partial charge in [0, 0.05) is 32.7 Å². The first-order chi connectivity index (χ1) is 8.51. The van der Waals surface area contributed by atoms with Gasteiger partial charge in [-0.3, -0.25) is 14.4 Å². The van der Waals surface area contributed by atoms with Gasteiger partial charge in [-0.05, 0) is 13.8 Å². The first kappa shape index (κ1) is 13.0. The third-order valence-corrected chi connectivity index (χ3v) is 3.43. The molecule has 1 aromatic heterocycles. The zero-order chi connectivity index (χ0) is 13.3. The second kappa shape index (κ2) is 5.07. The van der Waals surface area contributed by atoms with E-state index in [9.17, 15) is 4.79 Å². The molecule has 0 aromatic carbocycles. The Morgan fingerprint density at radius 3 is 2.67 bits per heavy atom. The van der Waals surface area contributed by atoms with Crippen LogP contribution in [-0.2, 0) is 11.8 Å². The lowest BCUT2D eigenvalue weighted by atomic mass is 10.0. The van der Waals surface area contributed by atoms with Crippen molar-refractivity contribution in [2.45, 2.75) is 13.8 Å². The van der Waals surface area contributed by atoms with Gasteiger partial charge < -0.3 is 10.4 Å². The van der Waals surface area contributed by atoms with Crippen LogP contribution in [-0.4, -0.2) is 51.9 Å². The van der Waals surface area contributed by atoms with Gasteiger partial charge in [0.05, 0.1) is 23.6 Å². The Hall–Kier alpha value is -1.40. The molecule has 6 nitrogen and oxygen atoms in total. The highest BCUT2D eigenvalue weighted by molar-refractivity contribution is 5.93. The van der Waals surface area contributed by atoms with Crippen LogP contribution in [0.5, 0.6) is 0 Å². The SMILES string of the molecule is Cc1nn(C)c(C)c1NC(=O)CN1CC(CO)C1. The summed E-state index contributed by atoms with van der Waals surface area (Å²) in [4.78, 5) is 13.9. The second-order valence-electron chi connectivity index (χ2n) is 4.96. The number of hydrogen-bond acceptors (Lipinski definition) is 4. The van der Waals surface area contributed by atoms with Crippen molar-refractivity contribution in [1.82, 2.24) is 14.7 Å². The van der Waals surface area contributed by atoms with Crippen molar-refractivity contribution in [2.24, 2.45) is 13.0 Å². The van der Waals surface area contributed by atoms with E-state index in [2.05, 4.69) is 10.4 Å². The smallest absolute Gasteiger partial charge is 0.238 e. The monoisotopic (exact) mass is 252 g/mol. The van der Waals surface area contributed by atoms with E-state index >= 15 is 0 Å². The maximum Gasteiger partial charge on any atom is 0.238 e. The maximum absolute atomic E-state index is 11.9. The number of hydrogen-bond donors (Lipinski definition) is 2. The van der Waals surface area contributed by atoms with Crippen LogP contribution in [0.15, 0.2) is 0 Å². The van der Waals surface area contributed by atoms with Crippen LogP contribution in [0.2, 0.25) is 0 Å². The number of aliphatic hydroxyl groups excluding tert-OH is 1. The summed E-state index contributed by atoms with van der Waals surface area (Å²) >= 11 is 0. The third-order valence-electron chi connectivity index (χ3n) is 3.43. The lowest BCUT2D eigenvalue weighted by Gasteiger charge is -2.37. The van der Waals surface area contributed by atoms with E-state index < -0.39 is 0 Å². The summed E-state index contributed by atoms with van der Waals surface area (Å²) < 4.78 is 1.76. The molecule has 2 N–H and O–H groups in total. The number of likely N-dealkylation sites (tertiary alicyclic amines) is 1. The Morgan fingerprint density at radius 2 is 2.17 bits per heavy atom. The first-order valence-electron chi connectivity index (χ1n) is 6.14. The summed E-state index contributed by atoms with van der Waals surface area (Å²) in [5, 5.41) is 16.1. The van der Waals surface area contributed by atoms with Gasteiger partial charge in [-0.2, -0.15) is 5.10 Å². The minimum absolute atomic E-state index is 0.0226. The molecular formula is C12H20N4O2. The zero-order valence-corrected chi connectivity index (χ0v) is 11.1. The molecule has 18 heavy (non-hydrogen) atoms. The van der Waals surface area contributed by atoms with E-state index in [0.29, 0.717) is 12.5 Å². The van der Waals surface area contributed by atoms with Crippen LogP contribution in [0.3, 0.4) is 0 Å². The number of aromatic nitrogens is 2. The minimum atomic E-state index is -0.0226. The fraction of sp³-hybridized carbons (Fsp3) is 0.667. The van der Waals surface area contributed by atoms with E-state index in [0.717, 1.165) is 30.2 Å². The zero-order valence-electron chi connectivity index (χ0n) is 11.1. The molecule has 1 aliphatic rings. The lowest BCUT2D eigenvalue weighted by Crippen LogP contribution is -2.51. The summed E-state index contributed by atoms with van der Waals surface area (Å²) in [6.07, 6.45) is 0. The Labute approximate surface area is 107 Å². The van der Waals surface area contributed by atoms with Gasteiger partial charge in [-0.25, -0.2) is 0 Å². The van der Waals surface area contributed by atoms with E-state index in [-0.39, 0.29) is 12.5 Å². The van der Waals surface area contributed by atoms with Gasteiger partial charge in [0.15, 0.2) is 0 Å². The Balaban J connectivity index is 1.88. The van der Waals surface area contributed by atoms with Crippen LogP contribution in [0.25, 0.3) is 0 Å². The number of rotatable bonds is 4. The molecule has 0 aliphatic carbocycles. The first-order valence-corrected chi connectivity index (χ1v) is 6.14. The molecule has 1 amide bonds. The van der Waals surface area contributed by atoms with E-state index in [4.69, 9.17) is 5.11 Å². The molecule has 0 spiro atoms. The summed E-state index contributed by atoms with van der Waals surface area (Å²) in [5.74, 6) is 0.310. The largest absolute Gasteiger partial charge is 0.396 e. The highest BCUT2D eigenvalue weighted by Gasteiger charge is 2.27. The molecule has 1 fully saturated rings. The van der Waals surface area contributed by atoms with Gasteiger partial charge in [-0.15, -0.1) is 0 Å². The summed E-state index contributed by atoms with van der Waals surface area (Å²) in [6, 6.07) is 0. The Morgan fingerprint density at radius 1 is 1.50 bits per heavy atom. The van der Waals surface area contributed by atoms with Crippen molar-refractivity contribution in [3.8, 4) is 0 Å². The molecule has 0 radical (unpaired) electrons. The Bertz CT molecular complexity index is 449. The van der Waals surface area contributed by atoms with Crippen molar-refractivity contribution in [1.29, 1.82) is 0 Å². The summed E-state index contributed by atoms with van der Waals surface area (Å²) in [6.45, 7) is 6.00. The van der Waals surface area contributed by atoms with E-state index in [1.54, 1.807) is 4.68 Å². The number of aryl methyl sites for hydroxylation is 2. The van der Waals surface area contributed by atoms with E-state index in [1.807, 2.05) is 25.8 Å². The number of carbonyl (C=O) groups excluding carboxylic acids is 1. The molecule has 0 bridgehead atoms. The summed E-state index contributed by atoms with van der Waals surface area (Å²) in [7, 11) is 1.86. The van der Waals surface area contributed by atoms with Crippen LogP contribution < -0.4 is 5.32 Å². The second-order valence-corrected chi connectivity index (χ2v) is 4.96. The quantitative estimate of drug-likeness (QED) is 0.785. The van der Waals surface area contributed by atoms with Crippen molar-refractivity contribution in [3.05, 3.63) is 11.4 Å². The molecule has 0 atom stereocenters. The molecule has 1 saturated heterocycles. The van der Waals surface area contributed by atoms with Crippen molar-refractivity contribution in [3.63, 3.8) is 0 Å². The van der Waals surface area contributed by atoms with Crippen LogP contribution in [0.1, 0.15) is 11.4 Å². The standard InChI is InChI=1S/C12H20N4O2/c1-8-12(9(2)15(3)14-8)13-11(18)6-16-4-10(5-16)7-17/h10,17H,4-7H2,1-3H3,(H,13,18). The van der Waals surface area contributed by atoms with Crippen molar-refractivity contribution >= 4 is 11.6 Å². The van der Waals surface area contributed by atoms with Crippen LogP contribution >= 0.6 is 0 Å². The Kier molecular flexibility index (Phi) is 3.68. The lowest BCUT2D eigenvalue weighted by molar-refractivity contribution is -0.119. The number of aliphatic hydroxyl groups is 1. The number of nitrogens with zero attached hydrogens (tertiary/aromatic N) is 3. The molecule has 2 rings (SSSR count). The van der Waals surface area contributed by atoms with Gasteiger partial charge in [-0.1, -0.05) is 0 Å². The highest BCUT2D eigenvalue weighted by atomic mass is 16.3. The molecule has 100 valence electrons. The maximum atomic E-state index is 11.9. The van der Waals surface area contributed by atoms with Crippen LogP contribution in [0.4, 0.5) is 5.69 Å². The highest BCUT2D eigenvalue weighted by Crippen LogP contribution is 2.19. The molecule has 1 aliphatic heterocycles. The van der Waals surface area contributed by atoms with Gasteiger partial charge in [0.25, 0.3) is 0 Å². The van der Waals surface area contributed by atoms with Gasteiger partial charge >= 0.3 is 0 Å². The number of carbonyl (C=O) groups is 1. The molecule has 1 aromatic rings. The molecule has 0 saturated carbocycles. The number of amides is 1. The van der Waals surface area contributed by atoms with Gasteiger partial charge in [0.1, 0.15) is 0 Å². The number of nitrogens with one attached hydrogen (secondary N) is 1. The molecule has 0 unspecified atom stereocenters. The molecule has 2 heterocycles. The fourth-order valence-corrected chi connectivity index (χ4v) is 2.26. The normalized spacial score (nSPS) is 16.7. The third kappa shape index (κ3) is 2.54. The predicted octanol–water partition coefficient (Wildman–Crippen LogP) is -0.100. The topological polar surface area (TPSA) is 70.4 Å². The average molecular weight is 252 g/mol. The van der Waals surface area contributed by atoms with Crippen LogP contribution in [0, 0.1) is 19.8 Å². The molecular weight excluding hydrogens is 232 g/mol. The minimum Gasteiger partial charge on any atom is -0.396 e.